The number of ether oxygens (including phenoxy) is 1. The molecule has 2 aliphatic rings. The van der Waals surface area contributed by atoms with Crippen LogP contribution < -0.4 is 5.32 Å². The Morgan fingerprint density at radius 2 is 2.05 bits per heavy atom. The summed E-state index contributed by atoms with van der Waals surface area (Å²) >= 11 is 0. The number of hydrogen-bond acceptors (Lipinski definition) is 3. The molecule has 2 fully saturated rings. The van der Waals surface area contributed by atoms with Gasteiger partial charge in [0.2, 0.25) is 0 Å². The second-order valence-corrected chi connectivity index (χ2v) is 5.85. The van der Waals surface area contributed by atoms with Crippen molar-refractivity contribution in [3.63, 3.8) is 0 Å². The van der Waals surface area contributed by atoms with E-state index < -0.39 is 0 Å². The van der Waals surface area contributed by atoms with Crippen LogP contribution in [0.5, 0.6) is 0 Å². The normalized spacial score (nSPS) is 28.6. The van der Waals surface area contributed by atoms with Crippen molar-refractivity contribution < 1.29 is 9.53 Å². The van der Waals surface area contributed by atoms with Gasteiger partial charge in [0.05, 0.1) is 12.7 Å². The first kappa shape index (κ1) is 12.7. The Morgan fingerprint density at radius 1 is 1.26 bits per heavy atom. The van der Waals surface area contributed by atoms with E-state index in [0.717, 1.165) is 18.4 Å². The number of rotatable bonds is 4. The molecule has 2 saturated carbocycles. The minimum atomic E-state index is -0.271. The zero-order valence-corrected chi connectivity index (χ0v) is 11.4. The highest BCUT2D eigenvalue weighted by molar-refractivity contribution is 5.89. The van der Waals surface area contributed by atoms with Crippen molar-refractivity contribution >= 4 is 5.97 Å². The first-order valence-electron chi connectivity index (χ1n) is 7.17. The molecule has 0 radical (unpaired) electrons. The lowest BCUT2D eigenvalue weighted by molar-refractivity contribution is 0.0600. The molecular formula is C16H21NO2. The highest BCUT2D eigenvalue weighted by Crippen LogP contribution is 2.44. The summed E-state index contributed by atoms with van der Waals surface area (Å²) in [6, 6.07) is 8.39. The predicted octanol–water partition coefficient (Wildman–Crippen LogP) is 2.75. The Hall–Kier alpha value is -1.35. The Bertz CT molecular complexity index is 454. The van der Waals surface area contributed by atoms with Crippen molar-refractivity contribution in [1.29, 1.82) is 0 Å². The van der Waals surface area contributed by atoms with Crippen molar-refractivity contribution in [3.05, 3.63) is 35.4 Å². The summed E-state index contributed by atoms with van der Waals surface area (Å²) < 4.78 is 4.70. The van der Waals surface area contributed by atoms with E-state index in [2.05, 4.69) is 5.32 Å². The number of fused-ring (bicyclic) bond motifs is 2. The lowest BCUT2D eigenvalue weighted by Crippen LogP contribution is -2.33. The molecule has 0 amide bonds. The summed E-state index contributed by atoms with van der Waals surface area (Å²) in [6.45, 7) is 0.898. The number of methoxy groups -OCH3 is 1. The molecule has 1 aromatic rings. The second kappa shape index (κ2) is 5.33. The fourth-order valence-electron chi connectivity index (χ4n) is 3.62. The molecule has 102 valence electrons. The summed E-state index contributed by atoms with van der Waals surface area (Å²) in [5, 5.41) is 3.68. The third-order valence-electron chi connectivity index (χ3n) is 4.68. The van der Waals surface area contributed by atoms with Crippen LogP contribution in [0.15, 0.2) is 24.3 Å². The van der Waals surface area contributed by atoms with Gasteiger partial charge in [-0.15, -0.1) is 0 Å². The van der Waals surface area contributed by atoms with Crippen molar-refractivity contribution in [3.8, 4) is 0 Å². The molecular weight excluding hydrogens is 238 g/mol. The predicted molar refractivity (Wildman–Crippen MR) is 73.9 cm³/mol. The van der Waals surface area contributed by atoms with Crippen LogP contribution >= 0.6 is 0 Å². The molecule has 3 heteroatoms. The van der Waals surface area contributed by atoms with E-state index >= 15 is 0 Å². The first-order valence-corrected chi connectivity index (χ1v) is 7.17. The number of hydrogen-bond donors (Lipinski definition) is 1. The van der Waals surface area contributed by atoms with E-state index in [9.17, 15) is 4.79 Å². The summed E-state index contributed by atoms with van der Waals surface area (Å²) in [7, 11) is 1.41. The molecule has 3 unspecified atom stereocenters. The highest BCUT2D eigenvalue weighted by atomic mass is 16.5. The van der Waals surface area contributed by atoms with E-state index in [1.54, 1.807) is 0 Å². The smallest absolute Gasteiger partial charge is 0.337 e. The molecule has 1 aromatic carbocycles. The van der Waals surface area contributed by atoms with Gasteiger partial charge in [0.25, 0.3) is 0 Å². The van der Waals surface area contributed by atoms with Crippen molar-refractivity contribution in [1.82, 2.24) is 5.32 Å². The van der Waals surface area contributed by atoms with Gasteiger partial charge in [-0.05, 0) is 48.8 Å². The summed E-state index contributed by atoms with van der Waals surface area (Å²) in [5.41, 5.74) is 1.85. The Balaban J connectivity index is 1.54. The molecule has 0 saturated heterocycles. The maximum Gasteiger partial charge on any atom is 0.337 e. The van der Waals surface area contributed by atoms with Gasteiger partial charge in [-0.1, -0.05) is 18.6 Å². The SMILES string of the molecule is COC(=O)c1ccc(CNC2CC3CCC2C3)cc1. The molecule has 3 nitrogen and oxygen atoms in total. The number of nitrogens with one attached hydrogen (secondary N) is 1. The fraction of sp³-hybridized carbons (Fsp3) is 0.562. The van der Waals surface area contributed by atoms with E-state index in [1.165, 1.54) is 38.4 Å². The molecule has 1 N–H and O–H groups in total. The molecule has 0 aromatic heterocycles. The minimum Gasteiger partial charge on any atom is -0.465 e. The van der Waals surface area contributed by atoms with E-state index in [-0.39, 0.29) is 5.97 Å². The van der Waals surface area contributed by atoms with E-state index in [0.29, 0.717) is 11.6 Å². The lowest BCUT2D eigenvalue weighted by Gasteiger charge is -2.23. The average Bonchev–Trinajstić information content (AvgIpc) is 3.07. The number of benzene rings is 1. The van der Waals surface area contributed by atoms with E-state index in [4.69, 9.17) is 4.74 Å². The molecule has 0 heterocycles. The lowest BCUT2D eigenvalue weighted by atomic mass is 9.95. The van der Waals surface area contributed by atoms with Gasteiger partial charge in [0, 0.05) is 12.6 Å². The Labute approximate surface area is 114 Å². The first-order chi connectivity index (χ1) is 9.26. The van der Waals surface area contributed by atoms with Crippen LogP contribution in [0.25, 0.3) is 0 Å². The van der Waals surface area contributed by atoms with Gasteiger partial charge in [-0.3, -0.25) is 0 Å². The standard InChI is InChI=1S/C16H21NO2/c1-19-16(18)13-5-2-11(3-6-13)10-17-15-9-12-4-7-14(15)8-12/h2-3,5-6,12,14-15,17H,4,7-10H2,1H3. The molecule has 19 heavy (non-hydrogen) atoms. The molecule has 3 rings (SSSR count). The van der Waals surface area contributed by atoms with Gasteiger partial charge >= 0.3 is 5.97 Å². The largest absolute Gasteiger partial charge is 0.465 e. The molecule has 2 bridgehead atoms. The van der Waals surface area contributed by atoms with Crippen LogP contribution in [0, 0.1) is 11.8 Å². The zero-order valence-electron chi connectivity index (χ0n) is 11.4. The molecule has 2 aliphatic carbocycles. The maximum atomic E-state index is 11.3. The van der Waals surface area contributed by atoms with Gasteiger partial charge < -0.3 is 10.1 Å². The van der Waals surface area contributed by atoms with Crippen LogP contribution in [0.3, 0.4) is 0 Å². The van der Waals surface area contributed by atoms with Crippen molar-refractivity contribution in [2.75, 3.05) is 7.11 Å². The second-order valence-electron chi connectivity index (χ2n) is 5.85. The number of carbonyl (C=O) groups excluding carboxylic acids is 1. The van der Waals surface area contributed by atoms with Crippen LogP contribution in [0.2, 0.25) is 0 Å². The number of esters is 1. The summed E-state index contributed by atoms with van der Waals surface area (Å²) in [4.78, 5) is 11.3. The van der Waals surface area contributed by atoms with Crippen LogP contribution in [-0.2, 0) is 11.3 Å². The van der Waals surface area contributed by atoms with Gasteiger partial charge in [-0.2, -0.15) is 0 Å². The minimum absolute atomic E-state index is 0.271. The van der Waals surface area contributed by atoms with Crippen LogP contribution in [0.4, 0.5) is 0 Å². The third-order valence-corrected chi connectivity index (χ3v) is 4.68. The van der Waals surface area contributed by atoms with Crippen molar-refractivity contribution in [2.45, 2.75) is 38.3 Å². The zero-order chi connectivity index (χ0) is 13.2. The monoisotopic (exact) mass is 259 g/mol. The summed E-state index contributed by atoms with van der Waals surface area (Å²) in [6.07, 6.45) is 5.63. The van der Waals surface area contributed by atoms with Crippen molar-refractivity contribution in [2.24, 2.45) is 11.8 Å². The van der Waals surface area contributed by atoms with E-state index in [1.807, 2.05) is 24.3 Å². The topological polar surface area (TPSA) is 38.3 Å². The third kappa shape index (κ3) is 2.66. The highest BCUT2D eigenvalue weighted by Gasteiger charge is 2.38. The summed E-state index contributed by atoms with van der Waals surface area (Å²) in [5.74, 6) is 1.61. The van der Waals surface area contributed by atoms with Gasteiger partial charge in [0.15, 0.2) is 0 Å². The maximum absolute atomic E-state index is 11.3. The average molecular weight is 259 g/mol. The molecule has 0 spiro atoms. The quantitative estimate of drug-likeness (QED) is 0.845. The Morgan fingerprint density at radius 3 is 2.63 bits per heavy atom. The Kier molecular flexibility index (Phi) is 3.56. The van der Waals surface area contributed by atoms with Crippen LogP contribution in [0.1, 0.15) is 41.6 Å². The number of carbonyl (C=O) groups is 1. The van der Waals surface area contributed by atoms with Gasteiger partial charge in [0.1, 0.15) is 0 Å². The molecule has 0 aliphatic heterocycles. The van der Waals surface area contributed by atoms with Gasteiger partial charge in [-0.25, -0.2) is 4.79 Å². The fourth-order valence-corrected chi connectivity index (χ4v) is 3.62. The molecule has 3 atom stereocenters. The van der Waals surface area contributed by atoms with Crippen LogP contribution in [-0.4, -0.2) is 19.1 Å².